The number of rotatable bonds is 7. The molecule has 0 spiro atoms. The Bertz CT molecular complexity index is 985. The van der Waals surface area contributed by atoms with Crippen LogP contribution < -0.4 is 16.4 Å². The number of carbonyl (C=O) groups excluding carboxylic acids is 5. The molecule has 1 saturated heterocycles. The maximum absolute atomic E-state index is 12.7. The highest BCUT2D eigenvalue weighted by Crippen LogP contribution is 2.29. The Morgan fingerprint density at radius 2 is 2.00 bits per heavy atom. The lowest BCUT2D eigenvalue weighted by Gasteiger charge is -2.29. The van der Waals surface area contributed by atoms with Crippen LogP contribution in [0.1, 0.15) is 49.5 Å². The van der Waals surface area contributed by atoms with Crippen molar-refractivity contribution in [3.63, 3.8) is 0 Å². The van der Waals surface area contributed by atoms with Crippen LogP contribution >= 0.6 is 0 Å². The number of carbonyl (C=O) groups is 5. The molecular weight excluding hydrogens is 432 g/mol. The van der Waals surface area contributed by atoms with Crippen molar-refractivity contribution >= 4 is 35.4 Å². The van der Waals surface area contributed by atoms with Gasteiger partial charge in [-0.15, -0.1) is 0 Å². The highest BCUT2D eigenvalue weighted by atomic mass is 16.6. The Hall–Kier alpha value is -3.47. The average molecular weight is 460 g/mol. The fourth-order valence-corrected chi connectivity index (χ4v) is 3.71. The number of nitrogens with one attached hydrogen (secondary N) is 2. The van der Waals surface area contributed by atoms with E-state index >= 15 is 0 Å². The molecule has 0 radical (unpaired) electrons. The van der Waals surface area contributed by atoms with Crippen LogP contribution in [0.25, 0.3) is 0 Å². The molecule has 2 aliphatic heterocycles. The van der Waals surface area contributed by atoms with Gasteiger partial charge in [0, 0.05) is 29.6 Å². The average Bonchev–Trinajstić information content (AvgIpc) is 3.02. The second kappa shape index (κ2) is 9.57. The lowest BCUT2D eigenvalue weighted by atomic mass is 9.89. The molecule has 1 aromatic rings. The van der Waals surface area contributed by atoms with Gasteiger partial charge in [0.1, 0.15) is 18.8 Å². The van der Waals surface area contributed by atoms with E-state index in [2.05, 4.69) is 10.6 Å². The lowest BCUT2D eigenvalue weighted by Crippen LogP contribution is -2.52. The van der Waals surface area contributed by atoms with E-state index in [1.807, 2.05) is 20.8 Å². The molecule has 1 fully saturated rings. The van der Waals surface area contributed by atoms with Gasteiger partial charge in [0.15, 0.2) is 0 Å². The molecule has 11 heteroatoms. The molecule has 33 heavy (non-hydrogen) atoms. The second-order valence-electron chi connectivity index (χ2n) is 9.13. The summed E-state index contributed by atoms with van der Waals surface area (Å²) in [5.74, 6) is -1.54. The summed E-state index contributed by atoms with van der Waals surface area (Å²) >= 11 is 0. The van der Waals surface area contributed by atoms with Crippen molar-refractivity contribution in [3.05, 3.63) is 29.3 Å². The van der Waals surface area contributed by atoms with Gasteiger partial charge in [0.2, 0.25) is 17.7 Å². The minimum absolute atomic E-state index is 0.000531. The monoisotopic (exact) mass is 460 g/mol. The summed E-state index contributed by atoms with van der Waals surface area (Å²) in [6.45, 7) is 5.50. The van der Waals surface area contributed by atoms with Crippen LogP contribution in [0.2, 0.25) is 0 Å². The van der Waals surface area contributed by atoms with E-state index in [1.165, 1.54) is 4.90 Å². The number of imide groups is 1. The third kappa shape index (κ3) is 5.86. The number of amides is 5. The van der Waals surface area contributed by atoms with E-state index in [-0.39, 0.29) is 44.4 Å². The first kappa shape index (κ1) is 24.2. The number of hydrogen-bond acceptors (Lipinski definition) is 7. The zero-order chi connectivity index (χ0) is 24.3. The van der Waals surface area contributed by atoms with Crippen molar-refractivity contribution in [2.24, 2.45) is 11.1 Å². The fraction of sp³-hybridized carbons (Fsp3) is 0.500. The number of ether oxygens (including phenoxy) is 2. The Kier molecular flexibility index (Phi) is 7.01. The zero-order valence-electron chi connectivity index (χ0n) is 18.8. The van der Waals surface area contributed by atoms with E-state index in [1.54, 1.807) is 18.2 Å². The van der Waals surface area contributed by atoms with Gasteiger partial charge < -0.3 is 25.4 Å². The smallest absolute Gasteiger partial charge is 0.404 e. The molecule has 11 nitrogen and oxygen atoms in total. The Morgan fingerprint density at radius 1 is 1.27 bits per heavy atom. The van der Waals surface area contributed by atoms with Gasteiger partial charge in [-0.1, -0.05) is 20.8 Å². The predicted octanol–water partition coefficient (Wildman–Crippen LogP) is 0.913. The molecule has 5 amide bonds. The highest BCUT2D eigenvalue weighted by molar-refractivity contribution is 6.05. The Morgan fingerprint density at radius 3 is 2.64 bits per heavy atom. The van der Waals surface area contributed by atoms with Crippen molar-refractivity contribution < 1.29 is 33.4 Å². The normalized spacial score (nSPS) is 19.1. The standard InChI is InChI=1S/C22H28N4O7/c1-22(2,3)16(33-21(23)31)10-32-11-18(28)24-13-4-5-14-12(8-13)9-26(20(14)30)15-6-7-17(27)25-19(15)29/h4-5,8,15-16H,6-7,9-11H2,1-3H3,(H2,23,31)(H,24,28)(H,25,27,29). The van der Waals surface area contributed by atoms with Crippen molar-refractivity contribution in [2.45, 2.75) is 52.3 Å². The van der Waals surface area contributed by atoms with Crippen molar-refractivity contribution in [3.8, 4) is 0 Å². The van der Waals surface area contributed by atoms with Crippen LogP contribution in [0.4, 0.5) is 10.5 Å². The van der Waals surface area contributed by atoms with Gasteiger partial charge in [-0.25, -0.2) is 4.79 Å². The third-order valence-electron chi connectivity index (χ3n) is 5.53. The highest BCUT2D eigenvalue weighted by Gasteiger charge is 2.39. The molecule has 1 aromatic carbocycles. The van der Waals surface area contributed by atoms with E-state index in [0.717, 1.165) is 0 Å². The molecule has 4 N–H and O–H groups in total. The van der Waals surface area contributed by atoms with Crippen LogP contribution in [0.3, 0.4) is 0 Å². The summed E-state index contributed by atoms with van der Waals surface area (Å²) in [6, 6.07) is 4.16. The minimum atomic E-state index is -0.915. The van der Waals surface area contributed by atoms with Gasteiger partial charge in [-0.2, -0.15) is 0 Å². The lowest BCUT2D eigenvalue weighted by molar-refractivity contribution is -0.137. The van der Waals surface area contributed by atoms with Gasteiger partial charge in [-0.05, 0) is 30.2 Å². The van der Waals surface area contributed by atoms with Gasteiger partial charge in [0.25, 0.3) is 5.91 Å². The number of fused-ring (bicyclic) bond motifs is 1. The molecule has 3 rings (SSSR count). The molecule has 2 atom stereocenters. The summed E-state index contributed by atoms with van der Waals surface area (Å²) in [5, 5.41) is 4.96. The van der Waals surface area contributed by atoms with Crippen LogP contribution in [0.15, 0.2) is 18.2 Å². The quantitative estimate of drug-likeness (QED) is 0.510. The largest absolute Gasteiger partial charge is 0.443 e. The van der Waals surface area contributed by atoms with Crippen LogP contribution in [-0.2, 0) is 30.4 Å². The maximum Gasteiger partial charge on any atom is 0.404 e. The summed E-state index contributed by atoms with van der Waals surface area (Å²) in [6.07, 6.45) is -1.08. The van der Waals surface area contributed by atoms with E-state index < -0.39 is 35.5 Å². The molecule has 0 bridgehead atoms. The van der Waals surface area contributed by atoms with Crippen LogP contribution in [-0.4, -0.2) is 60.0 Å². The molecule has 0 saturated carbocycles. The van der Waals surface area contributed by atoms with Gasteiger partial charge in [0.05, 0.1) is 6.61 Å². The topological polar surface area (TPSA) is 157 Å². The summed E-state index contributed by atoms with van der Waals surface area (Å²) in [7, 11) is 0. The molecule has 0 aliphatic carbocycles. The van der Waals surface area contributed by atoms with Gasteiger partial charge in [-0.3, -0.25) is 24.5 Å². The SMILES string of the molecule is CC(C)(C)C(COCC(=O)Nc1ccc2c(c1)CN(C1CCC(=O)NC1=O)C2=O)OC(N)=O. The Labute approximate surface area is 190 Å². The van der Waals surface area contributed by atoms with Crippen LogP contribution in [0.5, 0.6) is 0 Å². The number of nitrogens with zero attached hydrogens (tertiary/aromatic N) is 1. The molecule has 178 valence electrons. The van der Waals surface area contributed by atoms with Crippen LogP contribution in [0, 0.1) is 5.41 Å². The minimum Gasteiger partial charge on any atom is -0.443 e. The summed E-state index contributed by atoms with van der Waals surface area (Å²) in [5.41, 5.74) is 6.26. The maximum atomic E-state index is 12.7. The van der Waals surface area contributed by atoms with E-state index in [9.17, 15) is 24.0 Å². The molecule has 2 unspecified atom stereocenters. The number of primary amides is 1. The molecule has 2 heterocycles. The predicted molar refractivity (Wildman–Crippen MR) is 116 cm³/mol. The molecule has 0 aromatic heterocycles. The first-order valence-corrected chi connectivity index (χ1v) is 10.6. The fourth-order valence-electron chi connectivity index (χ4n) is 3.71. The van der Waals surface area contributed by atoms with E-state index in [0.29, 0.717) is 16.8 Å². The molecule has 2 aliphatic rings. The van der Waals surface area contributed by atoms with E-state index in [4.69, 9.17) is 15.2 Å². The first-order valence-electron chi connectivity index (χ1n) is 10.6. The number of anilines is 1. The van der Waals surface area contributed by atoms with Crippen molar-refractivity contribution in [1.82, 2.24) is 10.2 Å². The third-order valence-corrected chi connectivity index (χ3v) is 5.53. The number of nitrogens with two attached hydrogens (primary N) is 1. The number of benzene rings is 1. The van der Waals surface area contributed by atoms with Crippen molar-refractivity contribution in [1.29, 1.82) is 0 Å². The summed E-state index contributed by atoms with van der Waals surface area (Å²) < 4.78 is 10.5. The number of hydrogen-bond donors (Lipinski definition) is 3. The zero-order valence-corrected chi connectivity index (χ0v) is 18.8. The Balaban J connectivity index is 1.56. The van der Waals surface area contributed by atoms with Crippen molar-refractivity contribution in [2.75, 3.05) is 18.5 Å². The second-order valence-corrected chi connectivity index (χ2v) is 9.13. The number of piperidine rings is 1. The first-order chi connectivity index (χ1) is 15.5. The summed E-state index contributed by atoms with van der Waals surface area (Å²) in [4.78, 5) is 61.0. The van der Waals surface area contributed by atoms with Gasteiger partial charge >= 0.3 is 6.09 Å². The molecular formula is C22H28N4O7.